The molecule has 0 bridgehead atoms. The van der Waals surface area contributed by atoms with Crippen molar-refractivity contribution in [2.75, 3.05) is 0 Å². The van der Waals surface area contributed by atoms with Gasteiger partial charge in [0.15, 0.2) is 0 Å². The van der Waals surface area contributed by atoms with E-state index in [1.54, 1.807) is 36.3 Å². The predicted octanol–water partition coefficient (Wildman–Crippen LogP) is 3.81. The molecule has 0 aliphatic rings. The van der Waals surface area contributed by atoms with Crippen molar-refractivity contribution in [2.24, 2.45) is 0 Å². The van der Waals surface area contributed by atoms with E-state index in [0.717, 1.165) is 6.07 Å². The lowest BCUT2D eigenvalue weighted by Gasteiger charge is -2.13. The number of hydrogen-bond acceptors (Lipinski definition) is 1. The number of carboxylic acids is 1. The molecule has 0 saturated carbocycles. The van der Waals surface area contributed by atoms with Crippen LogP contribution in [0.25, 0.3) is 11.1 Å². The lowest BCUT2D eigenvalue weighted by atomic mass is 9.97. The summed E-state index contributed by atoms with van der Waals surface area (Å²) < 4.78 is 39.4. The number of hydrogen-bond donors (Lipinski definition) is 1. The Morgan fingerprint density at radius 2 is 1.71 bits per heavy atom. The van der Waals surface area contributed by atoms with Crippen LogP contribution in [-0.2, 0) is 11.0 Å². The molecule has 0 fully saturated rings. The van der Waals surface area contributed by atoms with Gasteiger partial charge in [-0.15, -0.1) is 0 Å². The molecule has 0 spiro atoms. The van der Waals surface area contributed by atoms with Crippen LogP contribution in [0.15, 0.2) is 48.5 Å². The Balaban J connectivity index is 2.58. The van der Waals surface area contributed by atoms with E-state index in [0.29, 0.717) is 5.56 Å². The molecule has 21 heavy (non-hydrogen) atoms. The topological polar surface area (TPSA) is 37.3 Å². The fraction of sp³-hybridized carbons (Fsp3) is 0.0625. The van der Waals surface area contributed by atoms with Crippen LogP contribution in [0.1, 0.15) is 11.1 Å². The number of benzene rings is 2. The van der Waals surface area contributed by atoms with E-state index < -0.39 is 17.7 Å². The van der Waals surface area contributed by atoms with Gasteiger partial charge in [-0.3, -0.25) is 0 Å². The van der Waals surface area contributed by atoms with Crippen molar-refractivity contribution in [3.8, 4) is 23.0 Å². The number of carbonyl (C=O) groups is 1. The molecule has 1 N–H and O–H groups in total. The first-order valence-corrected chi connectivity index (χ1v) is 5.89. The van der Waals surface area contributed by atoms with Gasteiger partial charge in [0.05, 0.1) is 5.56 Å². The molecule has 2 aromatic rings. The van der Waals surface area contributed by atoms with Crippen LogP contribution in [0.4, 0.5) is 13.2 Å². The maximum absolute atomic E-state index is 13.1. The Kier molecular flexibility index (Phi) is 3.99. The monoisotopic (exact) mass is 290 g/mol. The molecule has 2 nitrogen and oxygen atoms in total. The molecule has 5 heteroatoms. The van der Waals surface area contributed by atoms with Crippen LogP contribution < -0.4 is 0 Å². The molecule has 2 rings (SSSR count). The molecule has 0 amide bonds. The summed E-state index contributed by atoms with van der Waals surface area (Å²) in [4.78, 5) is 10.3. The molecular weight excluding hydrogens is 281 g/mol. The highest BCUT2D eigenvalue weighted by atomic mass is 19.4. The smallest absolute Gasteiger partial charge is 0.417 e. The fourth-order valence-corrected chi connectivity index (χ4v) is 1.85. The summed E-state index contributed by atoms with van der Waals surface area (Å²) in [7, 11) is 0. The van der Waals surface area contributed by atoms with Gasteiger partial charge in [-0.05, 0) is 23.3 Å². The minimum absolute atomic E-state index is 0.00408. The normalized spacial score (nSPS) is 10.6. The first kappa shape index (κ1) is 14.7. The molecule has 0 atom stereocenters. The average Bonchev–Trinajstić information content (AvgIpc) is 2.45. The molecule has 106 valence electrons. The van der Waals surface area contributed by atoms with Gasteiger partial charge in [0, 0.05) is 11.5 Å². The van der Waals surface area contributed by atoms with E-state index >= 15 is 0 Å². The summed E-state index contributed by atoms with van der Waals surface area (Å²) in [6, 6.07) is 11.7. The van der Waals surface area contributed by atoms with Gasteiger partial charge in [0.2, 0.25) is 0 Å². The van der Waals surface area contributed by atoms with Crippen LogP contribution in [0.5, 0.6) is 0 Å². The quantitative estimate of drug-likeness (QED) is 0.811. The fourth-order valence-electron chi connectivity index (χ4n) is 1.85. The molecule has 2 aromatic carbocycles. The average molecular weight is 290 g/mol. The van der Waals surface area contributed by atoms with E-state index in [1.165, 1.54) is 12.1 Å². The van der Waals surface area contributed by atoms with Crippen LogP contribution in [-0.4, -0.2) is 11.1 Å². The van der Waals surface area contributed by atoms with Gasteiger partial charge < -0.3 is 5.11 Å². The van der Waals surface area contributed by atoms with Crippen molar-refractivity contribution < 1.29 is 23.1 Å². The molecule has 0 radical (unpaired) electrons. The summed E-state index contributed by atoms with van der Waals surface area (Å²) in [5.41, 5.74) is -0.373. The predicted molar refractivity (Wildman–Crippen MR) is 71.4 cm³/mol. The zero-order chi connectivity index (χ0) is 15.5. The van der Waals surface area contributed by atoms with Gasteiger partial charge in [0.1, 0.15) is 0 Å². The lowest BCUT2D eigenvalue weighted by molar-refractivity contribution is -0.137. The van der Waals surface area contributed by atoms with Crippen molar-refractivity contribution in [1.82, 2.24) is 0 Å². The van der Waals surface area contributed by atoms with Crippen LogP contribution in [0, 0.1) is 11.8 Å². The SMILES string of the molecule is O=C(O)C#Cc1ccc(-c2ccccc2)c(C(F)(F)F)c1. The Morgan fingerprint density at radius 3 is 2.29 bits per heavy atom. The Bertz CT molecular complexity index is 723. The van der Waals surface area contributed by atoms with E-state index in [2.05, 4.69) is 5.92 Å². The largest absolute Gasteiger partial charge is 0.472 e. The lowest BCUT2D eigenvalue weighted by Crippen LogP contribution is -2.07. The molecule has 0 heterocycles. The molecule has 0 saturated heterocycles. The highest BCUT2D eigenvalue weighted by Crippen LogP contribution is 2.37. The van der Waals surface area contributed by atoms with Crippen LogP contribution in [0.3, 0.4) is 0 Å². The van der Waals surface area contributed by atoms with Gasteiger partial charge in [0.25, 0.3) is 0 Å². The third-order valence-corrected chi connectivity index (χ3v) is 2.72. The van der Waals surface area contributed by atoms with Crippen molar-refractivity contribution in [3.05, 3.63) is 59.7 Å². The van der Waals surface area contributed by atoms with Crippen LogP contribution >= 0.6 is 0 Å². The minimum atomic E-state index is -4.55. The van der Waals surface area contributed by atoms with Gasteiger partial charge in [-0.25, -0.2) is 4.79 Å². The first-order chi connectivity index (χ1) is 9.88. The molecular formula is C16H9F3O2. The number of carboxylic acid groups (broad SMARTS) is 1. The second-order valence-electron chi connectivity index (χ2n) is 4.18. The van der Waals surface area contributed by atoms with Gasteiger partial charge in [-0.1, -0.05) is 42.3 Å². The standard InChI is InChI=1S/C16H9F3O2/c17-16(18,19)14-10-11(7-9-15(20)21)6-8-13(14)12-4-2-1-3-5-12/h1-6,8,10H,(H,20,21). The Hall–Kier alpha value is -2.74. The third kappa shape index (κ3) is 3.63. The van der Waals surface area contributed by atoms with E-state index in [4.69, 9.17) is 5.11 Å². The Morgan fingerprint density at radius 1 is 1.05 bits per heavy atom. The minimum Gasteiger partial charge on any atom is -0.472 e. The summed E-state index contributed by atoms with van der Waals surface area (Å²) >= 11 is 0. The molecule has 0 aliphatic heterocycles. The number of rotatable bonds is 1. The van der Waals surface area contributed by atoms with E-state index in [-0.39, 0.29) is 11.1 Å². The maximum atomic E-state index is 13.1. The van der Waals surface area contributed by atoms with Crippen molar-refractivity contribution >= 4 is 5.97 Å². The second kappa shape index (κ2) is 5.71. The summed E-state index contributed by atoms with van der Waals surface area (Å²) in [5, 5.41) is 8.44. The van der Waals surface area contributed by atoms with Gasteiger partial charge >= 0.3 is 12.1 Å². The third-order valence-electron chi connectivity index (χ3n) is 2.72. The molecule has 0 aromatic heterocycles. The van der Waals surface area contributed by atoms with Crippen LogP contribution in [0.2, 0.25) is 0 Å². The number of alkyl halides is 3. The maximum Gasteiger partial charge on any atom is 0.417 e. The second-order valence-corrected chi connectivity index (χ2v) is 4.18. The molecule has 0 unspecified atom stereocenters. The van der Waals surface area contributed by atoms with Gasteiger partial charge in [-0.2, -0.15) is 13.2 Å². The molecule has 0 aliphatic carbocycles. The highest BCUT2D eigenvalue weighted by molar-refractivity contribution is 5.87. The zero-order valence-electron chi connectivity index (χ0n) is 10.6. The number of aliphatic carboxylic acids is 1. The van der Waals surface area contributed by atoms with Crippen molar-refractivity contribution in [1.29, 1.82) is 0 Å². The highest BCUT2D eigenvalue weighted by Gasteiger charge is 2.33. The van der Waals surface area contributed by atoms with Crippen molar-refractivity contribution in [2.45, 2.75) is 6.18 Å². The Labute approximate surface area is 118 Å². The summed E-state index contributed by atoms with van der Waals surface area (Å²) in [5.74, 6) is 2.59. The van der Waals surface area contributed by atoms with Crippen molar-refractivity contribution in [3.63, 3.8) is 0 Å². The summed E-state index contributed by atoms with van der Waals surface area (Å²) in [6.45, 7) is 0. The zero-order valence-corrected chi connectivity index (χ0v) is 10.6. The number of halogens is 3. The van der Waals surface area contributed by atoms with E-state index in [1.807, 2.05) is 0 Å². The summed E-state index contributed by atoms with van der Waals surface area (Å²) in [6.07, 6.45) is -4.55. The van der Waals surface area contributed by atoms with E-state index in [9.17, 15) is 18.0 Å². The first-order valence-electron chi connectivity index (χ1n) is 5.89.